The summed E-state index contributed by atoms with van der Waals surface area (Å²) in [7, 11) is 1.97. The van der Waals surface area contributed by atoms with Gasteiger partial charge in [0.25, 0.3) is 0 Å². The van der Waals surface area contributed by atoms with Crippen LogP contribution in [-0.4, -0.2) is 71.0 Å². The molecule has 3 aromatic carbocycles. The second-order valence-electron chi connectivity index (χ2n) is 12.8. The van der Waals surface area contributed by atoms with Crippen LogP contribution < -0.4 is 9.74 Å². The van der Waals surface area contributed by atoms with E-state index in [1.807, 2.05) is 43.5 Å². The number of rotatable bonds is 7. The Labute approximate surface area is 259 Å². The molecular formula is C36H43N5O3. The molecule has 8 heteroatoms. The Bertz CT molecular complexity index is 1540. The lowest BCUT2D eigenvalue weighted by Crippen LogP contribution is -2.54. The summed E-state index contributed by atoms with van der Waals surface area (Å²) in [6, 6.07) is 24.4. The maximum Gasteiger partial charge on any atom is 0.365 e. The van der Waals surface area contributed by atoms with Gasteiger partial charge in [0.1, 0.15) is 11.0 Å². The van der Waals surface area contributed by atoms with Gasteiger partial charge in [-0.25, -0.2) is 4.79 Å². The SMILES string of the molecule is COC1(C2CCCCC2)CCC(N2CCN(c3ccc(-c4ccc(C(=O)On5nnc6ccccc65)cc4)cc3)CC2)CC1. The number of aromatic nitrogens is 3. The van der Waals surface area contributed by atoms with E-state index in [1.54, 1.807) is 12.1 Å². The zero-order valence-electron chi connectivity index (χ0n) is 25.7. The number of carbonyl (C=O) groups excluding carboxylic acids is 1. The number of piperazine rings is 1. The van der Waals surface area contributed by atoms with Gasteiger partial charge in [0.2, 0.25) is 0 Å². The summed E-state index contributed by atoms with van der Waals surface area (Å²) in [5.41, 5.74) is 5.37. The predicted octanol–water partition coefficient (Wildman–Crippen LogP) is 6.40. The Morgan fingerprint density at radius 2 is 1.45 bits per heavy atom. The monoisotopic (exact) mass is 593 g/mol. The van der Waals surface area contributed by atoms with Crippen LogP contribution >= 0.6 is 0 Å². The Kier molecular flexibility index (Phi) is 8.37. The summed E-state index contributed by atoms with van der Waals surface area (Å²) in [6.07, 6.45) is 11.9. The summed E-state index contributed by atoms with van der Waals surface area (Å²) >= 11 is 0. The third-order valence-electron chi connectivity index (χ3n) is 10.6. The molecule has 2 heterocycles. The molecule has 2 saturated carbocycles. The molecule has 44 heavy (non-hydrogen) atoms. The maximum atomic E-state index is 12.7. The smallest absolute Gasteiger partial charge is 0.365 e. The van der Waals surface area contributed by atoms with Gasteiger partial charge < -0.3 is 14.5 Å². The summed E-state index contributed by atoms with van der Waals surface area (Å²) in [5.74, 6) is 0.292. The third-order valence-corrected chi connectivity index (χ3v) is 10.6. The van der Waals surface area contributed by atoms with E-state index in [9.17, 15) is 4.79 Å². The molecule has 0 atom stereocenters. The molecule has 1 saturated heterocycles. The van der Waals surface area contributed by atoms with Crippen LogP contribution in [0.2, 0.25) is 0 Å². The van der Waals surface area contributed by atoms with Crippen LogP contribution in [0.25, 0.3) is 22.2 Å². The van der Waals surface area contributed by atoms with Crippen LogP contribution in [0.4, 0.5) is 5.69 Å². The van der Waals surface area contributed by atoms with Gasteiger partial charge >= 0.3 is 5.97 Å². The number of methoxy groups -OCH3 is 1. The molecule has 3 aliphatic rings. The Morgan fingerprint density at radius 3 is 2.14 bits per heavy atom. The van der Waals surface area contributed by atoms with Crippen molar-refractivity contribution in [3.8, 4) is 11.1 Å². The zero-order valence-corrected chi connectivity index (χ0v) is 25.7. The van der Waals surface area contributed by atoms with Gasteiger partial charge in [0.15, 0.2) is 0 Å². The Hall–Kier alpha value is -3.75. The van der Waals surface area contributed by atoms with Crippen molar-refractivity contribution in [2.75, 3.05) is 38.2 Å². The van der Waals surface area contributed by atoms with Gasteiger partial charge in [-0.2, -0.15) is 0 Å². The largest absolute Gasteiger partial charge is 0.378 e. The second-order valence-corrected chi connectivity index (χ2v) is 12.8. The molecule has 0 radical (unpaired) electrons. The predicted molar refractivity (Wildman–Crippen MR) is 173 cm³/mol. The lowest BCUT2D eigenvalue weighted by Gasteiger charge is -2.49. The van der Waals surface area contributed by atoms with E-state index in [0.29, 0.717) is 22.6 Å². The molecule has 8 nitrogen and oxygen atoms in total. The number of benzene rings is 3. The number of hydrogen-bond donors (Lipinski definition) is 0. The summed E-state index contributed by atoms with van der Waals surface area (Å²) in [6.45, 7) is 4.37. The standard InChI is InChI=1S/C36H43N5O3/c1-43-36(30-7-3-2-4-8-30)21-19-32(20-22-36)40-25-23-39(24-26-40)31-17-15-28(16-18-31)27-11-13-29(14-12-27)35(42)44-41-34-10-6-5-9-33(34)37-38-41/h5-6,9-18,30,32H,2-4,7-8,19-26H2,1H3. The number of fused-ring (bicyclic) bond motifs is 1. The fourth-order valence-corrected chi connectivity index (χ4v) is 7.92. The average molecular weight is 594 g/mol. The molecule has 0 bridgehead atoms. The van der Waals surface area contributed by atoms with Gasteiger partial charge in [0.05, 0.1) is 11.2 Å². The van der Waals surface area contributed by atoms with Crippen molar-refractivity contribution in [2.24, 2.45) is 5.92 Å². The molecule has 230 valence electrons. The van der Waals surface area contributed by atoms with Crippen molar-refractivity contribution >= 4 is 22.7 Å². The lowest BCUT2D eigenvalue weighted by molar-refractivity contribution is -0.105. The number of para-hydroxylation sites is 1. The topological polar surface area (TPSA) is 72.7 Å². The summed E-state index contributed by atoms with van der Waals surface area (Å²) in [5, 5.41) is 7.97. The first-order chi connectivity index (χ1) is 21.6. The van der Waals surface area contributed by atoms with Crippen molar-refractivity contribution in [3.05, 3.63) is 78.4 Å². The van der Waals surface area contributed by atoms with Gasteiger partial charge in [-0.15, -0.1) is 5.10 Å². The molecule has 3 fully saturated rings. The number of ether oxygens (including phenoxy) is 1. The molecule has 0 spiro atoms. The lowest BCUT2D eigenvalue weighted by atomic mass is 9.68. The Balaban J connectivity index is 0.913. The second kappa shape index (κ2) is 12.7. The molecule has 2 aliphatic carbocycles. The van der Waals surface area contributed by atoms with Gasteiger partial charge in [-0.05, 0) is 97.2 Å². The molecule has 4 aromatic rings. The first-order valence-electron chi connectivity index (χ1n) is 16.4. The third kappa shape index (κ3) is 5.85. The molecule has 1 aromatic heterocycles. The van der Waals surface area contributed by atoms with Gasteiger partial charge in [-0.1, -0.05) is 60.5 Å². The number of anilines is 1. The van der Waals surface area contributed by atoms with Crippen LogP contribution in [0.1, 0.15) is 68.1 Å². The molecule has 0 unspecified atom stereocenters. The van der Waals surface area contributed by atoms with E-state index in [0.717, 1.165) is 43.2 Å². The van der Waals surface area contributed by atoms with Crippen molar-refractivity contribution in [1.82, 2.24) is 20.1 Å². The highest BCUT2D eigenvalue weighted by atomic mass is 16.7. The summed E-state index contributed by atoms with van der Waals surface area (Å²) < 4.78 is 6.27. The van der Waals surface area contributed by atoms with Crippen LogP contribution in [0.15, 0.2) is 72.8 Å². The number of nitrogens with zero attached hydrogens (tertiary/aromatic N) is 5. The van der Waals surface area contributed by atoms with Crippen LogP contribution in [-0.2, 0) is 4.74 Å². The van der Waals surface area contributed by atoms with E-state index < -0.39 is 5.97 Å². The van der Waals surface area contributed by atoms with Crippen LogP contribution in [0.5, 0.6) is 0 Å². The molecule has 0 amide bonds. The molecule has 0 N–H and O–H groups in total. The Morgan fingerprint density at radius 1 is 0.795 bits per heavy atom. The highest BCUT2D eigenvalue weighted by molar-refractivity contribution is 5.90. The van der Waals surface area contributed by atoms with E-state index in [1.165, 1.54) is 68.3 Å². The van der Waals surface area contributed by atoms with Gasteiger partial charge in [-0.3, -0.25) is 4.90 Å². The first-order valence-corrected chi connectivity index (χ1v) is 16.4. The fraction of sp³-hybridized carbons (Fsp3) is 0.472. The quantitative estimate of drug-likeness (QED) is 0.230. The van der Waals surface area contributed by atoms with Crippen LogP contribution in [0.3, 0.4) is 0 Å². The molecule has 7 rings (SSSR count). The minimum atomic E-state index is -0.475. The highest BCUT2D eigenvalue weighted by Gasteiger charge is 2.43. The zero-order chi connectivity index (χ0) is 29.9. The average Bonchev–Trinajstić information content (AvgIpc) is 3.51. The molecule has 1 aliphatic heterocycles. The van der Waals surface area contributed by atoms with E-state index >= 15 is 0 Å². The number of carbonyl (C=O) groups is 1. The van der Waals surface area contributed by atoms with E-state index in [-0.39, 0.29) is 5.60 Å². The van der Waals surface area contributed by atoms with Gasteiger partial charge in [0, 0.05) is 45.0 Å². The minimum absolute atomic E-state index is 0.136. The van der Waals surface area contributed by atoms with E-state index in [4.69, 9.17) is 9.57 Å². The molecular weight excluding hydrogens is 550 g/mol. The van der Waals surface area contributed by atoms with E-state index in [2.05, 4.69) is 44.4 Å². The van der Waals surface area contributed by atoms with Crippen molar-refractivity contribution in [1.29, 1.82) is 0 Å². The minimum Gasteiger partial charge on any atom is -0.378 e. The fourth-order valence-electron chi connectivity index (χ4n) is 7.92. The van der Waals surface area contributed by atoms with Crippen molar-refractivity contribution in [2.45, 2.75) is 69.4 Å². The highest BCUT2D eigenvalue weighted by Crippen LogP contribution is 2.44. The van der Waals surface area contributed by atoms with Crippen molar-refractivity contribution in [3.63, 3.8) is 0 Å². The normalized spacial score (nSPS) is 23.6. The number of hydrogen-bond acceptors (Lipinski definition) is 7. The van der Waals surface area contributed by atoms with Crippen LogP contribution in [0, 0.1) is 5.92 Å². The summed E-state index contributed by atoms with van der Waals surface area (Å²) in [4.78, 5) is 24.6. The first kappa shape index (κ1) is 29.0. The maximum absolute atomic E-state index is 12.7. The van der Waals surface area contributed by atoms with Crippen molar-refractivity contribution < 1.29 is 14.4 Å².